The summed E-state index contributed by atoms with van der Waals surface area (Å²) in [5.74, 6) is 0.270. The van der Waals surface area contributed by atoms with Crippen LogP contribution in [0.5, 0.6) is 0 Å². The Morgan fingerprint density at radius 2 is 2.21 bits per heavy atom. The number of hydrogen-bond donors (Lipinski definition) is 1. The fourth-order valence-electron chi connectivity index (χ4n) is 3.45. The van der Waals surface area contributed by atoms with Gasteiger partial charge in [0.25, 0.3) is 0 Å². The Morgan fingerprint density at radius 3 is 3.00 bits per heavy atom. The van der Waals surface area contributed by atoms with Crippen LogP contribution in [-0.2, 0) is 4.79 Å². The average Bonchev–Trinajstić information content (AvgIpc) is 3.21. The van der Waals surface area contributed by atoms with Gasteiger partial charge in [0.1, 0.15) is 0 Å². The zero-order valence-corrected chi connectivity index (χ0v) is 14.2. The highest BCUT2D eigenvalue weighted by atomic mass is 32.1. The van der Waals surface area contributed by atoms with Crippen molar-refractivity contribution in [1.82, 2.24) is 20.1 Å². The van der Waals surface area contributed by atoms with Crippen molar-refractivity contribution in [3.63, 3.8) is 0 Å². The largest absolute Gasteiger partial charge is 0.336 e. The van der Waals surface area contributed by atoms with Gasteiger partial charge in [0.2, 0.25) is 5.91 Å². The van der Waals surface area contributed by atoms with Crippen LogP contribution in [0.1, 0.15) is 23.8 Å². The lowest BCUT2D eigenvalue weighted by Gasteiger charge is -2.31. The summed E-state index contributed by atoms with van der Waals surface area (Å²) in [6, 6.07) is 7.94. The Bertz CT molecular complexity index is 742. The molecule has 2 fully saturated rings. The van der Waals surface area contributed by atoms with Crippen molar-refractivity contribution in [1.29, 1.82) is 0 Å². The van der Waals surface area contributed by atoms with E-state index in [0.29, 0.717) is 25.6 Å². The number of fused-ring (bicyclic) bond motifs is 1. The van der Waals surface area contributed by atoms with Crippen molar-refractivity contribution in [2.24, 2.45) is 0 Å². The number of para-hydroxylation sites is 1. The van der Waals surface area contributed by atoms with Crippen LogP contribution in [0.25, 0.3) is 10.2 Å². The van der Waals surface area contributed by atoms with E-state index in [0.717, 1.165) is 36.5 Å². The first kappa shape index (κ1) is 15.5. The second kappa shape index (κ2) is 6.49. The Morgan fingerprint density at radius 1 is 1.33 bits per heavy atom. The van der Waals surface area contributed by atoms with Gasteiger partial charge in [0.05, 0.1) is 21.8 Å². The molecule has 2 saturated heterocycles. The van der Waals surface area contributed by atoms with Crippen molar-refractivity contribution in [3.8, 4) is 0 Å². The van der Waals surface area contributed by atoms with Gasteiger partial charge in [-0.2, -0.15) is 0 Å². The molecule has 1 N–H and O–H groups in total. The Labute approximate surface area is 144 Å². The van der Waals surface area contributed by atoms with Crippen molar-refractivity contribution < 1.29 is 9.59 Å². The summed E-state index contributed by atoms with van der Waals surface area (Å²) in [5, 5.41) is 3.84. The number of carbonyl (C=O) groups excluding carboxylic acids is 2. The summed E-state index contributed by atoms with van der Waals surface area (Å²) in [6.45, 7) is 3.09. The van der Waals surface area contributed by atoms with E-state index < -0.39 is 0 Å². The predicted molar refractivity (Wildman–Crippen MR) is 93.1 cm³/mol. The number of aromatic nitrogens is 1. The lowest BCUT2D eigenvalue weighted by atomic mass is 9.99. The molecule has 7 heteroatoms. The van der Waals surface area contributed by atoms with Crippen molar-refractivity contribution in [2.75, 3.05) is 32.7 Å². The maximum Gasteiger partial charge on any atom is 0.324 e. The van der Waals surface area contributed by atoms with Gasteiger partial charge in [0.15, 0.2) is 0 Å². The van der Waals surface area contributed by atoms with E-state index in [4.69, 9.17) is 4.98 Å². The zero-order valence-electron chi connectivity index (χ0n) is 13.4. The lowest BCUT2D eigenvalue weighted by molar-refractivity contribution is -0.129. The number of rotatable bonds is 3. The molecule has 1 aromatic heterocycles. The number of amides is 3. The molecule has 4 rings (SSSR count). The van der Waals surface area contributed by atoms with Gasteiger partial charge >= 0.3 is 6.03 Å². The number of benzene rings is 1. The van der Waals surface area contributed by atoms with Crippen LogP contribution in [-0.4, -0.2) is 59.4 Å². The molecule has 0 unspecified atom stereocenters. The molecule has 1 aromatic carbocycles. The fourth-order valence-corrected chi connectivity index (χ4v) is 4.54. The molecule has 6 nitrogen and oxygen atoms in total. The number of carbonyl (C=O) groups is 2. The van der Waals surface area contributed by atoms with Crippen LogP contribution < -0.4 is 5.32 Å². The quantitative estimate of drug-likeness (QED) is 0.925. The van der Waals surface area contributed by atoms with Gasteiger partial charge < -0.3 is 5.32 Å². The van der Waals surface area contributed by atoms with Crippen LogP contribution in [0.4, 0.5) is 4.79 Å². The normalized spacial score (nSPS) is 22.1. The topological polar surface area (TPSA) is 65.5 Å². The summed E-state index contributed by atoms with van der Waals surface area (Å²) in [6.07, 6.45) is 2.16. The number of likely N-dealkylation sites (tertiary alicyclic amines) is 1. The van der Waals surface area contributed by atoms with E-state index in [1.165, 1.54) is 9.60 Å². The lowest BCUT2D eigenvalue weighted by Crippen LogP contribution is -2.44. The summed E-state index contributed by atoms with van der Waals surface area (Å²) in [4.78, 5) is 32.2. The zero-order chi connectivity index (χ0) is 16.5. The highest BCUT2D eigenvalue weighted by Crippen LogP contribution is 2.32. The number of hydrogen-bond acceptors (Lipinski definition) is 5. The highest BCUT2D eigenvalue weighted by Gasteiger charge is 2.30. The fraction of sp³-hybridized carbons (Fsp3) is 0.471. The molecule has 0 saturated carbocycles. The minimum absolute atomic E-state index is 0.102. The summed E-state index contributed by atoms with van der Waals surface area (Å²) < 4.78 is 1.22. The highest BCUT2D eigenvalue weighted by molar-refractivity contribution is 7.18. The first-order chi connectivity index (χ1) is 11.7. The first-order valence-electron chi connectivity index (χ1n) is 8.37. The Kier molecular flexibility index (Phi) is 4.20. The van der Waals surface area contributed by atoms with Crippen LogP contribution in [0.15, 0.2) is 24.3 Å². The molecule has 0 spiro atoms. The predicted octanol–water partition coefficient (Wildman–Crippen LogP) is 2.03. The van der Waals surface area contributed by atoms with Crippen molar-refractivity contribution in [2.45, 2.75) is 18.8 Å². The molecular weight excluding hydrogens is 324 g/mol. The number of urea groups is 1. The second-order valence-corrected chi connectivity index (χ2v) is 7.43. The van der Waals surface area contributed by atoms with E-state index in [2.05, 4.69) is 16.3 Å². The monoisotopic (exact) mass is 344 g/mol. The van der Waals surface area contributed by atoms with Gasteiger partial charge in [0, 0.05) is 25.6 Å². The van der Waals surface area contributed by atoms with Gasteiger partial charge in [-0.1, -0.05) is 12.1 Å². The van der Waals surface area contributed by atoms with Crippen LogP contribution in [0.2, 0.25) is 0 Å². The molecule has 0 bridgehead atoms. The summed E-state index contributed by atoms with van der Waals surface area (Å²) in [5.41, 5.74) is 1.06. The Balaban J connectivity index is 1.43. The second-order valence-electron chi connectivity index (χ2n) is 6.37. The van der Waals surface area contributed by atoms with Gasteiger partial charge in [-0.15, -0.1) is 11.3 Å². The summed E-state index contributed by atoms with van der Waals surface area (Å²) in [7, 11) is 0. The van der Waals surface area contributed by atoms with Crippen LogP contribution in [0, 0.1) is 0 Å². The number of thiazole rings is 1. The smallest absolute Gasteiger partial charge is 0.324 e. The maximum absolute atomic E-state index is 12.3. The van der Waals surface area contributed by atoms with Crippen LogP contribution in [0.3, 0.4) is 0 Å². The molecule has 3 amide bonds. The third-order valence-corrected chi connectivity index (χ3v) is 5.88. The number of imide groups is 1. The molecule has 2 aromatic rings. The number of piperidine rings is 1. The van der Waals surface area contributed by atoms with Gasteiger partial charge in [-0.25, -0.2) is 9.78 Å². The number of nitrogens with one attached hydrogen (secondary N) is 1. The Hall–Kier alpha value is -1.99. The molecule has 24 heavy (non-hydrogen) atoms. The molecule has 0 radical (unpaired) electrons. The third-order valence-electron chi connectivity index (χ3n) is 4.68. The molecule has 3 heterocycles. The van der Waals surface area contributed by atoms with E-state index in [9.17, 15) is 9.59 Å². The first-order valence-corrected chi connectivity index (χ1v) is 9.18. The molecule has 126 valence electrons. The SMILES string of the molecule is O=C(CN1CCC[C@H](c2nc3ccccc3s2)C1)N1CCNC1=O. The third kappa shape index (κ3) is 3.01. The van der Waals surface area contributed by atoms with Crippen molar-refractivity contribution in [3.05, 3.63) is 29.3 Å². The van der Waals surface area contributed by atoms with E-state index >= 15 is 0 Å². The molecule has 0 aliphatic carbocycles. The van der Waals surface area contributed by atoms with E-state index in [1.54, 1.807) is 11.3 Å². The van der Waals surface area contributed by atoms with E-state index in [1.807, 2.05) is 18.2 Å². The molecule has 1 atom stereocenters. The standard InChI is InChI=1S/C17H20N4O2S/c22-15(21-9-7-18-17(21)23)11-20-8-3-4-12(10-20)16-19-13-5-1-2-6-14(13)24-16/h1-2,5-6,12H,3-4,7-11H2,(H,18,23)/t12-/m0/s1. The minimum Gasteiger partial charge on any atom is -0.336 e. The van der Waals surface area contributed by atoms with Gasteiger partial charge in [-0.05, 0) is 31.5 Å². The average molecular weight is 344 g/mol. The van der Waals surface area contributed by atoms with Gasteiger partial charge in [-0.3, -0.25) is 14.6 Å². The number of nitrogens with zero attached hydrogens (tertiary/aromatic N) is 3. The minimum atomic E-state index is -0.264. The summed E-state index contributed by atoms with van der Waals surface area (Å²) >= 11 is 1.75. The van der Waals surface area contributed by atoms with E-state index in [-0.39, 0.29) is 11.9 Å². The molecule has 2 aliphatic heterocycles. The molecule has 2 aliphatic rings. The molecular formula is C17H20N4O2S. The van der Waals surface area contributed by atoms with Crippen molar-refractivity contribution >= 4 is 33.5 Å². The van der Waals surface area contributed by atoms with Crippen LogP contribution >= 0.6 is 11.3 Å². The maximum atomic E-state index is 12.3.